The van der Waals surface area contributed by atoms with Crippen LogP contribution in [0.15, 0.2) is 24.3 Å². The number of primary amides is 1. The topological polar surface area (TPSA) is 115 Å². The first-order valence-electron chi connectivity index (χ1n) is 5.74. The Labute approximate surface area is 123 Å². The molecule has 0 heterocycles. The highest BCUT2D eigenvalue weighted by molar-refractivity contribution is 7.88. The Morgan fingerprint density at radius 2 is 1.85 bits per heavy atom. The molecule has 0 unspecified atom stereocenters. The first-order valence-corrected chi connectivity index (χ1v) is 7.80. The van der Waals surface area contributed by atoms with Crippen LogP contribution in [0, 0.1) is 0 Å². The smallest absolute Gasteiger partial charge is 0.238 e. The van der Waals surface area contributed by atoms with Crippen molar-refractivity contribution in [3.8, 4) is 0 Å². The Bertz CT molecular complexity index is 639. The van der Waals surface area contributed by atoms with E-state index in [1.807, 2.05) is 0 Å². The molecule has 0 aromatic heterocycles. The summed E-state index contributed by atoms with van der Waals surface area (Å²) in [7, 11) is -3.76. The fourth-order valence-corrected chi connectivity index (χ4v) is 3.38. The predicted molar refractivity (Wildman–Crippen MR) is 81.4 cm³/mol. The molecule has 5 N–H and O–H groups in total. The molecule has 0 atom stereocenters. The average Bonchev–Trinajstić information content (AvgIpc) is 2.26. The number of nitrogens with one attached hydrogen (secondary N) is 1. The number of amides is 1. The molecule has 0 radical (unpaired) electrons. The number of hydrogen-bond donors (Lipinski definition) is 3. The van der Waals surface area contributed by atoms with Gasteiger partial charge < -0.3 is 11.5 Å². The molecule has 8 heteroatoms. The summed E-state index contributed by atoms with van der Waals surface area (Å²) in [5.74, 6) is -1.10. The lowest BCUT2D eigenvalue weighted by molar-refractivity contribution is -0.122. The first-order chi connectivity index (χ1) is 9.05. The van der Waals surface area contributed by atoms with E-state index in [1.54, 1.807) is 24.3 Å². The van der Waals surface area contributed by atoms with Crippen LogP contribution >= 0.6 is 12.2 Å². The van der Waals surface area contributed by atoms with Gasteiger partial charge >= 0.3 is 0 Å². The fraction of sp³-hybridized carbons (Fsp3) is 0.333. The molecule has 1 rings (SSSR count). The number of hydrogen-bond acceptors (Lipinski definition) is 4. The van der Waals surface area contributed by atoms with E-state index in [2.05, 4.69) is 4.72 Å². The number of nitrogens with two attached hydrogens (primary N) is 2. The van der Waals surface area contributed by atoms with Gasteiger partial charge in [0.1, 0.15) is 10.5 Å². The number of rotatable bonds is 6. The summed E-state index contributed by atoms with van der Waals surface area (Å²) in [4.78, 5) is 11.3. The highest BCUT2D eigenvalue weighted by atomic mass is 32.2. The molecule has 0 aliphatic heterocycles. The maximum Gasteiger partial charge on any atom is 0.238 e. The molecule has 1 amide bonds. The van der Waals surface area contributed by atoms with Crippen molar-refractivity contribution in [1.82, 2.24) is 4.72 Å². The van der Waals surface area contributed by atoms with Crippen LogP contribution in [0.1, 0.15) is 25.0 Å². The van der Waals surface area contributed by atoms with E-state index in [4.69, 9.17) is 23.7 Å². The van der Waals surface area contributed by atoms with Crippen molar-refractivity contribution in [1.29, 1.82) is 0 Å². The summed E-state index contributed by atoms with van der Waals surface area (Å²) in [6.45, 7) is 2.79. The van der Waals surface area contributed by atoms with E-state index in [0.717, 1.165) is 0 Å². The second-order valence-electron chi connectivity index (χ2n) is 4.87. The summed E-state index contributed by atoms with van der Waals surface area (Å²) >= 11 is 4.88. The normalized spacial score (nSPS) is 12.1. The van der Waals surface area contributed by atoms with Crippen LogP contribution in [0.2, 0.25) is 0 Å². The van der Waals surface area contributed by atoms with Crippen LogP contribution < -0.4 is 16.2 Å². The zero-order valence-corrected chi connectivity index (χ0v) is 12.8. The van der Waals surface area contributed by atoms with Crippen LogP contribution in [0.25, 0.3) is 0 Å². The van der Waals surface area contributed by atoms with Crippen molar-refractivity contribution in [2.45, 2.75) is 25.1 Å². The summed E-state index contributed by atoms with van der Waals surface area (Å²) in [5, 5.41) is 0. The van der Waals surface area contributed by atoms with Gasteiger partial charge in [0, 0.05) is 5.56 Å². The van der Waals surface area contributed by atoms with Crippen LogP contribution in [0.3, 0.4) is 0 Å². The van der Waals surface area contributed by atoms with Crippen molar-refractivity contribution >= 4 is 33.1 Å². The molecule has 0 aliphatic rings. The lowest BCUT2D eigenvalue weighted by Crippen LogP contribution is -2.53. The number of benzene rings is 1. The molecule has 0 aliphatic carbocycles. The minimum Gasteiger partial charge on any atom is -0.389 e. The number of thiocarbonyl (C=S) groups is 1. The van der Waals surface area contributed by atoms with E-state index >= 15 is 0 Å². The zero-order chi connectivity index (χ0) is 15.6. The van der Waals surface area contributed by atoms with Gasteiger partial charge in [0.05, 0.1) is 5.75 Å². The molecule has 0 saturated heterocycles. The van der Waals surface area contributed by atoms with Crippen molar-refractivity contribution in [2.75, 3.05) is 0 Å². The Morgan fingerprint density at radius 3 is 2.35 bits per heavy atom. The molecular formula is C12H17N3O3S2. The molecule has 6 nitrogen and oxygen atoms in total. The number of carbonyl (C=O) groups excluding carboxylic acids is 1. The van der Waals surface area contributed by atoms with Gasteiger partial charge in [-0.3, -0.25) is 4.79 Å². The summed E-state index contributed by atoms with van der Waals surface area (Å²) in [6, 6.07) is 6.66. The van der Waals surface area contributed by atoms with E-state index in [9.17, 15) is 13.2 Å². The number of sulfonamides is 1. The Hall–Kier alpha value is -1.51. The van der Waals surface area contributed by atoms with Gasteiger partial charge in [0.15, 0.2) is 0 Å². The largest absolute Gasteiger partial charge is 0.389 e. The Balaban J connectivity index is 3.04. The van der Waals surface area contributed by atoms with Crippen molar-refractivity contribution < 1.29 is 13.2 Å². The minimum atomic E-state index is -3.76. The molecular weight excluding hydrogens is 298 g/mol. The van der Waals surface area contributed by atoms with Crippen molar-refractivity contribution in [3.63, 3.8) is 0 Å². The molecule has 0 spiro atoms. The molecule has 1 aromatic carbocycles. The van der Waals surface area contributed by atoms with Crippen molar-refractivity contribution in [2.24, 2.45) is 11.5 Å². The van der Waals surface area contributed by atoms with Gasteiger partial charge in [-0.05, 0) is 19.4 Å². The van der Waals surface area contributed by atoms with Gasteiger partial charge in [-0.15, -0.1) is 0 Å². The second kappa shape index (κ2) is 5.86. The SMILES string of the molecule is CC(C)(NS(=O)(=O)Cc1ccccc1C(N)=S)C(N)=O. The maximum atomic E-state index is 12.1. The van der Waals surface area contributed by atoms with Crippen LogP contribution in [0.5, 0.6) is 0 Å². The highest BCUT2D eigenvalue weighted by Gasteiger charge is 2.30. The summed E-state index contributed by atoms with van der Waals surface area (Å²) in [6.07, 6.45) is 0. The zero-order valence-electron chi connectivity index (χ0n) is 11.2. The quantitative estimate of drug-likeness (QED) is 0.639. The Kier molecular flexibility index (Phi) is 4.85. The standard InChI is InChI=1S/C12H17N3O3S2/c1-12(2,11(14)16)15-20(17,18)7-8-5-3-4-6-9(8)10(13)19/h3-6,15H,7H2,1-2H3,(H2,13,19)(H2,14,16). The van der Waals surface area contributed by atoms with E-state index in [0.29, 0.717) is 11.1 Å². The third-order valence-corrected chi connectivity index (χ3v) is 4.39. The fourth-order valence-electron chi connectivity index (χ4n) is 1.57. The molecule has 1 aromatic rings. The lowest BCUT2D eigenvalue weighted by atomic mass is 10.1. The third-order valence-electron chi connectivity index (χ3n) is 2.66. The van der Waals surface area contributed by atoms with Crippen LogP contribution in [-0.4, -0.2) is 24.9 Å². The number of carbonyl (C=O) groups is 1. The first kappa shape index (κ1) is 16.5. The molecule has 110 valence electrons. The summed E-state index contributed by atoms with van der Waals surface area (Å²) in [5.41, 5.74) is 10.3. The van der Waals surface area contributed by atoms with Crippen LogP contribution in [0.4, 0.5) is 0 Å². The predicted octanol–water partition coefficient (Wildman–Crippen LogP) is 0.00410. The molecule has 0 bridgehead atoms. The average molecular weight is 315 g/mol. The Morgan fingerprint density at radius 1 is 1.30 bits per heavy atom. The van der Waals surface area contributed by atoms with Gasteiger partial charge in [0.25, 0.3) is 0 Å². The van der Waals surface area contributed by atoms with Gasteiger partial charge in [0.2, 0.25) is 15.9 Å². The van der Waals surface area contributed by atoms with Crippen LogP contribution in [-0.2, 0) is 20.6 Å². The molecule has 0 saturated carbocycles. The molecule has 20 heavy (non-hydrogen) atoms. The third kappa shape index (κ3) is 4.26. The van der Waals surface area contributed by atoms with Crippen molar-refractivity contribution in [3.05, 3.63) is 35.4 Å². The minimum absolute atomic E-state index is 0.116. The van der Waals surface area contributed by atoms with E-state index in [-0.39, 0.29) is 10.7 Å². The summed E-state index contributed by atoms with van der Waals surface area (Å²) < 4.78 is 26.4. The van der Waals surface area contributed by atoms with E-state index < -0.39 is 21.5 Å². The highest BCUT2D eigenvalue weighted by Crippen LogP contribution is 2.14. The molecule has 0 fully saturated rings. The van der Waals surface area contributed by atoms with Gasteiger partial charge in [-0.25, -0.2) is 8.42 Å². The van der Waals surface area contributed by atoms with Gasteiger partial charge in [-0.1, -0.05) is 36.5 Å². The lowest BCUT2D eigenvalue weighted by Gasteiger charge is -2.22. The van der Waals surface area contributed by atoms with Gasteiger partial charge in [-0.2, -0.15) is 4.72 Å². The van der Waals surface area contributed by atoms with E-state index in [1.165, 1.54) is 13.8 Å². The monoisotopic (exact) mass is 315 g/mol. The maximum absolute atomic E-state index is 12.1. The second-order valence-corrected chi connectivity index (χ2v) is 7.03.